The van der Waals surface area contributed by atoms with Crippen LogP contribution in [0.3, 0.4) is 0 Å². The van der Waals surface area contributed by atoms with Gasteiger partial charge in [-0.05, 0) is 114 Å². The molecule has 0 aliphatic carbocycles. The summed E-state index contributed by atoms with van der Waals surface area (Å²) in [6.45, 7) is 16.3. The van der Waals surface area contributed by atoms with Crippen LogP contribution in [0.25, 0.3) is 11.5 Å². The van der Waals surface area contributed by atoms with Crippen LogP contribution in [0.5, 0.6) is 46.0 Å². The average molecular weight is 891 g/mol. The maximum Gasteiger partial charge on any atom is 0.341 e. The van der Waals surface area contributed by atoms with Crippen LogP contribution in [0.15, 0.2) is 109 Å². The SMILES string of the molecule is C=CCCCOC1=C(C(=O)O)C(c2ccc3c(c2)OCO3)Oc2ccc(OC(C)C)cc21.C=CCCCOC1=C(C(=O)OC)C(c2ccc3c(c2)OCO3)Oc2ccc(OC(C)C)cc21. The molecule has 0 saturated heterocycles. The molecule has 342 valence electrons. The predicted octanol–water partition coefficient (Wildman–Crippen LogP) is 10.3. The van der Waals surface area contributed by atoms with Crippen molar-refractivity contribution in [2.45, 2.75) is 77.8 Å². The monoisotopic (exact) mass is 890 g/mol. The lowest BCUT2D eigenvalue weighted by atomic mass is 9.94. The smallest absolute Gasteiger partial charge is 0.341 e. The van der Waals surface area contributed by atoms with E-state index in [1.165, 1.54) is 7.11 Å². The molecule has 4 aromatic rings. The maximum atomic E-state index is 13.0. The van der Waals surface area contributed by atoms with Gasteiger partial charge < -0.3 is 57.2 Å². The number of fused-ring (bicyclic) bond motifs is 4. The molecule has 65 heavy (non-hydrogen) atoms. The van der Waals surface area contributed by atoms with Gasteiger partial charge in [0.1, 0.15) is 45.7 Å². The van der Waals surface area contributed by atoms with Gasteiger partial charge in [-0.3, -0.25) is 0 Å². The molecule has 0 fully saturated rings. The molecule has 14 heteroatoms. The summed E-state index contributed by atoms with van der Waals surface area (Å²) < 4.78 is 63.3. The van der Waals surface area contributed by atoms with E-state index in [2.05, 4.69) is 13.2 Å². The van der Waals surface area contributed by atoms with Crippen molar-refractivity contribution in [2.24, 2.45) is 0 Å². The number of carbonyl (C=O) groups is 2. The molecule has 8 rings (SSSR count). The molecule has 0 spiro atoms. The van der Waals surface area contributed by atoms with Crippen molar-refractivity contribution in [2.75, 3.05) is 33.9 Å². The Morgan fingerprint density at radius 1 is 0.631 bits per heavy atom. The minimum absolute atomic E-state index is 0.00467. The third-order valence-electron chi connectivity index (χ3n) is 10.3. The van der Waals surface area contributed by atoms with Crippen LogP contribution in [-0.4, -0.2) is 63.2 Å². The third kappa shape index (κ3) is 10.6. The van der Waals surface area contributed by atoms with Crippen molar-refractivity contribution < 1.29 is 66.8 Å². The Morgan fingerprint density at radius 2 is 1.06 bits per heavy atom. The Balaban J connectivity index is 0.000000194. The molecule has 4 aromatic carbocycles. The highest BCUT2D eigenvalue weighted by Gasteiger charge is 2.39. The fraction of sp³-hybridized carbons (Fsp3) is 0.333. The summed E-state index contributed by atoms with van der Waals surface area (Å²) in [5.41, 5.74) is 2.85. The summed E-state index contributed by atoms with van der Waals surface area (Å²) >= 11 is 0. The second kappa shape index (κ2) is 21.0. The summed E-state index contributed by atoms with van der Waals surface area (Å²) in [6, 6.07) is 21.6. The van der Waals surface area contributed by atoms with Gasteiger partial charge in [0.05, 0.1) is 43.7 Å². The number of carboxylic acid groups (broad SMARTS) is 1. The molecular formula is C51H54O14. The van der Waals surface area contributed by atoms with E-state index in [9.17, 15) is 14.7 Å². The van der Waals surface area contributed by atoms with Crippen molar-refractivity contribution >= 4 is 23.5 Å². The number of allylic oxidation sites excluding steroid dienone is 2. The number of aliphatic carboxylic acids is 1. The number of rotatable bonds is 18. The van der Waals surface area contributed by atoms with Crippen LogP contribution in [0, 0.1) is 0 Å². The summed E-state index contributed by atoms with van der Waals surface area (Å²) in [7, 11) is 1.34. The van der Waals surface area contributed by atoms with Gasteiger partial charge in [0.15, 0.2) is 35.2 Å². The maximum absolute atomic E-state index is 13.0. The largest absolute Gasteiger partial charge is 0.492 e. The van der Waals surface area contributed by atoms with Crippen molar-refractivity contribution in [3.8, 4) is 46.0 Å². The first kappa shape index (κ1) is 45.8. The number of carboxylic acids is 1. The number of hydrogen-bond acceptors (Lipinski definition) is 13. The highest BCUT2D eigenvalue weighted by Crippen LogP contribution is 2.48. The number of methoxy groups -OCH3 is 1. The Bertz CT molecular complexity index is 2460. The van der Waals surface area contributed by atoms with Gasteiger partial charge in [-0.25, -0.2) is 9.59 Å². The lowest BCUT2D eigenvalue weighted by Gasteiger charge is -2.30. The van der Waals surface area contributed by atoms with E-state index in [1.54, 1.807) is 48.5 Å². The second-order valence-corrected chi connectivity index (χ2v) is 15.7. The molecule has 0 aromatic heterocycles. The third-order valence-corrected chi connectivity index (χ3v) is 10.3. The lowest BCUT2D eigenvalue weighted by Crippen LogP contribution is -2.25. The molecule has 2 atom stereocenters. The Morgan fingerprint density at radius 3 is 1.49 bits per heavy atom. The average Bonchev–Trinajstić information content (AvgIpc) is 3.98. The van der Waals surface area contributed by atoms with Gasteiger partial charge in [0.25, 0.3) is 0 Å². The number of ether oxygens (including phenoxy) is 11. The van der Waals surface area contributed by atoms with Crippen molar-refractivity contribution in [3.63, 3.8) is 0 Å². The van der Waals surface area contributed by atoms with Gasteiger partial charge in [-0.15, -0.1) is 13.2 Å². The molecule has 0 bridgehead atoms. The first-order valence-electron chi connectivity index (χ1n) is 21.5. The minimum Gasteiger partial charge on any atom is -0.492 e. The number of benzene rings is 4. The molecule has 0 saturated carbocycles. The first-order valence-corrected chi connectivity index (χ1v) is 21.5. The predicted molar refractivity (Wildman–Crippen MR) is 241 cm³/mol. The zero-order valence-electron chi connectivity index (χ0n) is 37.2. The second-order valence-electron chi connectivity index (χ2n) is 15.7. The molecule has 14 nitrogen and oxygen atoms in total. The summed E-state index contributed by atoms with van der Waals surface area (Å²) in [4.78, 5) is 25.4. The first-order chi connectivity index (χ1) is 31.5. The van der Waals surface area contributed by atoms with Gasteiger partial charge >= 0.3 is 11.9 Å². The normalized spacial score (nSPS) is 16.3. The number of hydrogen-bond donors (Lipinski definition) is 1. The lowest BCUT2D eigenvalue weighted by molar-refractivity contribution is -0.137. The van der Waals surface area contributed by atoms with Crippen LogP contribution in [0.1, 0.15) is 87.8 Å². The summed E-state index contributed by atoms with van der Waals surface area (Å²) in [5.74, 6) is 3.83. The van der Waals surface area contributed by atoms with Crippen molar-refractivity contribution in [1.82, 2.24) is 0 Å². The standard InChI is InChI=1S/C26H28O7.C25H26O7/c1-5-6-7-12-29-25-19-14-18(32-16(2)3)9-11-20(19)33-24(23(25)26(27)28-4)17-8-10-21-22(13-17)31-15-30-21;1-4-5-6-11-28-24-18-13-17(31-15(2)3)8-10-19(18)32-23(22(24)25(26)27)16-7-9-20-21(12-16)30-14-29-20/h5,8-11,13-14,16,24H,1,6-7,12,15H2,2-4H3;4,7-10,12-13,15,23H,1,5-6,11,14H2,2-3H3,(H,26,27). The van der Waals surface area contributed by atoms with Gasteiger partial charge in [-0.1, -0.05) is 24.3 Å². The number of carbonyl (C=O) groups excluding carboxylic acids is 1. The molecule has 2 unspecified atom stereocenters. The van der Waals surface area contributed by atoms with Gasteiger partial charge in [0.2, 0.25) is 13.6 Å². The number of unbranched alkanes of at least 4 members (excludes halogenated alkanes) is 2. The van der Waals surface area contributed by atoms with E-state index >= 15 is 0 Å². The van der Waals surface area contributed by atoms with Gasteiger partial charge in [-0.2, -0.15) is 0 Å². The Hall–Kier alpha value is -7.22. The van der Waals surface area contributed by atoms with E-state index in [0.717, 1.165) is 24.8 Å². The number of esters is 1. The van der Waals surface area contributed by atoms with E-state index in [-0.39, 0.29) is 42.7 Å². The fourth-order valence-electron chi connectivity index (χ4n) is 7.43. The molecule has 0 amide bonds. The Labute approximate surface area is 378 Å². The highest BCUT2D eigenvalue weighted by atomic mass is 16.7. The molecule has 0 radical (unpaired) electrons. The van der Waals surface area contributed by atoms with Gasteiger partial charge in [0, 0.05) is 11.1 Å². The van der Waals surface area contributed by atoms with Crippen LogP contribution < -0.4 is 37.9 Å². The van der Waals surface area contributed by atoms with E-state index < -0.39 is 24.1 Å². The topological polar surface area (TPSA) is 156 Å². The Kier molecular flexibility index (Phi) is 14.8. The van der Waals surface area contributed by atoms with Crippen molar-refractivity contribution in [3.05, 3.63) is 132 Å². The van der Waals surface area contributed by atoms with E-state index in [1.807, 2.05) is 64.1 Å². The van der Waals surface area contributed by atoms with E-state index in [4.69, 9.17) is 52.1 Å². The summed E-state index contributed by atoms with van der Waals surface area (Å²) in [6.07, 6.45) is 5.02. The van der Waals surface area contributed by atoms with Crippen LogP contribution in [-0.2, 0) is 23.8 Å². The highest BCUT2D eigenvalue weighted by molar-refractivity contribution is 5.99. The minimum atomic E-state index is -1.12. The molecular weight excluding hydrogens is 837 g/mol. The zero-order valence-corrected chi connectivity index (χ0v) is 37.2. The van der Waals surface area contributed by atoms with Crippen molar-refractivity contribution in [1.29, 1.82) is 0 Å². The zero-order chi connectivity index (χ0) is 46.0. The van der Waals surface area contributed by atoms with Crippen LogP contribution in [0.4, 0.5) is 0 Å². The van der Waals surface area contributed by atoms with E-state index in [0.29, 0.717) is 88.1 Å². The van der Waals surface area contributed by atoms with Crippen LogP contribution in [0.2, 0.25) is 0 Å². The molecule has 4 heterocycles. The summed E-state index contributed by atoms with van der Waals surface area (Å²) in [5, 5.41) is 10.2. The molecule has 1 N–H and O–H groups in total. The van der Waals surface area contributed by atoms with Crippen LogP contribution >= 0.6 is 0 Å². The fourth-order valence-corrected chi connectivity index (χ4v) is 7.43. The quantitative estimate of drug-likeness (QED) is 0.0572. The molecule has 4 aliphatic rings. The molecule has 4 aliphatic heterocycles.